The second kappa shape index (κ2) is 5.70. The van der Waals surface area contributed by atoms with E-state index in [9.17, 15) is 14.7 Å². The van der Waals surface area contributed by atoms with Gasteiger partial charge in [-0.3, -0.25) is 9.59 Å². The van der Waals surface area contributed by atoms with Crippen LogP contribution in [0.3, 0.4) is 0 Å². The van der Waals surface area contributed by atoms with Gasteiger partial charge in [0, 0.05) is 5.56 Å². The summed E-state index contributed by atoms with van der Waals surface area (Å²) >= 11 is 0. The highest BCUT2D eigenvalue weighted by atomic mass is 16.3. The lowest BCUT2D eigenvalue weighted by atomic mass is 9.99. The number of phenolic OH excluding ortho intramolecular Hbond substituents is 1. The molecule has 0 fully saturated rings. The van der Waals surface area contributed by atoms with Crippen LogP contribution in [-0.2, 0) is 0 Å². The lowest BCUT2D eigenvalue weighted by Gasteiger charge is -2.05. The zero-order valence-electron chi connectivity index (χ0n) is 11.5. The number of hydrogen-bond donors (Lipinski definition) is 1. The molecule has 0 atom stereocenters. The van der Waals surface area contributed by atoms with Gasteiger partial charge in [0.25, 0.3) is 0 Å². The van der Waals surface area contributed by atoms with Gasteiger partial charge in [-0.05, 0) is 31.5 Å². The highest BCUT2D eigenvalue weighted by Crippen LogP contribution is 2.20. The molecule has 0 heterocycles. The molecule has 2 aromatic rings. The van der Waals surface area contributed by atoms with E-state index in [0.717, 1.165) is 11.1 Å². The van der Waals surface area contributed by atoms with Crippen molar-refractivity contribution in [2.45, 2.75) is 20.3 Å². The molecule has 0 aliphatic rings. The number of carbonyl (C=O) groups is 2. The van der Waals surface area contributed by atoms with Gasteiger partial charge in [-0.15, -0.1) is 0 Å². The van der Waals surface area contributed by atoms with Crippen molar-refractivity contribution >= 4 is 11.6 Å². The van der Waals surface area contributed by atoms with E-state index in [-0.39, 0.29) is 29.3 Å². The Morgan fingerprint density at radius 1 is 0.900 bits per heavy atom. The fourth-order valence-electron chi connectivity index (χ4n) is 1.96. The summed E-state index contributed by atoms with van der Waals surface area (Å²) in [6.45, 7) is 3.76. The van der Waals surface area contributed by atoms with Gasteiger partial charge >= 0.3 is 0 Å². The van der Waals surface area contributed by atoms with Crippen molar-refractivity contribution < 1.29 is 14.7 Å². The molecule has 102 valence electrons. The summed E-state index contributed by atoms with van der Waals surface area (Å²) in [6.07, 6.45) is -0.236. The molecule has 0 radical (unpaired) electrons. The number of rotatable bonds is 4. The van der Waals surface area contributed by atoms with E-state index in [0.29, 0.717) is 5.56 Å². The summed E-state index contributed by atoms with van der Waals surface area (Å²) in [4.78, 5) is 24.1. The van der Waals surface area contributed by atoms with Crippen LogP contribution in [0.5, 0.6) is 5.75 Å². The molecule has 0 aromatic heterocycles. The van der Waals surface area contributed by atoms with E-state index >= 15 is 0 Å². The predicted molar refractivity (Wildman–Crippen MR) is 77.3 cm³/mol. The molecular weight excluding hydrogens is 252 g/mol. The quantitative estimate of drug-likeness (QED) is 0.682. The monoisotopic (exact) mass is 268 g/mol. The molecule has 0 aliphatic carbocycles. The third kappa shape index (κ3) is 3.12. The molecule has 0 saturated carbocycles. The number of ketones is 2. The van der Waals surface area contributed by atoms with E-state index in [4.69, 9.17) is 0 Å². The van der Waals surface area contributed by atoms with Gasteiger partial charge in [0.2, 0.25) is 0 Å². The molecule has 3 heteroatoms. The van der Waals surface area contributed by atoms with Gasteiger partial charge in [0.1, 0.15) is 5.75 Å². The zero-order valence-corrected chi connectivity index (χ0v) is 11.5. The summed E-state index contributed by atoms with van der Waals surface area (Å²) in [5, 5.41) is 9.75. The van der Waals surface area contributed by atoms with Gasteiger partial charge in [-0.1, -0.05) is 35.9 Å². The topological polar surface area (TPSA) is 54.4 Å². The maximum atomic E-state index is 12.0. The molecule has 0 amide bonds. The van der Waals surface area contributed by atoms with Crippen LogP contribution in [0.25, 0.3) is 0 Å². The summed E-state index contributed by atoms with van der Waals surface area (Å²) in [5.41, 5.74) is 2.62. The van der Waals surface area contributed by atoms with Crippen LogP contribution >= 0.6 is 0 Å². The Kier molecular flexibility index (Phi) is 3.99. The highest BCUT2D eigenvalue weighted by Gasteiger charge is 2.16. The van der Waals surface area contributed by atoms with Crippen LogP contribution in [0.15, 0.2) is 42.5 Å². The first-order chi connectivity index (χ1) is 9.47. The van der Waals surface area contributed by atoms with Crippen molar-refractivity contribution in [3.63, 3.8) is 0 Å². The molecule has 3 nitrogen and oxygen atoms in total. The number of aryl methyl sites for hydroxylation is 2. The molecule has 1 N–H and O–H groups in total. The van der Waals surface area contributed by atoms with Crippen LogP contribution in [0.1, 0.15) is 38.3 Å². The minimum atomic E-state index is -0.368. The predicted octanol–water partition coefficient (Wildman–Crippen LogP) is 3.46. The molecule has 0 aliphatic heterocycles. The van der Waals surface area contributed by atoms with Gasteiger partial charge in [-0.2, -0.15) is 0 Å². The van der Waals surface area contributed by atoms with Crippen molar-refractivity contribution in [3.05, 3.63) is 64.7 Å². The number of hydrogen-bond acceptors (Lipinski definition) is 3. The first-order valence-corrected chi connectivity index (χ1v) is 6.40. The Labute approximate surface area is 117 Å². The number of phenols is 1. The van der Waals surface area contributed by atoms with Gasteiger partial charge in [0.05, 0.1) is 12.0 Å². The van der Waals surface area contributed by atoms with Crippen molar-refractivity contribution in [1.82, 2.24) is 0 Å². The number of aromatic hydroxyl groups is 1. The Morgan fingerprint density at radius 3 is 2.10 bits per heavy atom. The molecule has 2 rings (SSSR count). The normalized spacial score (nSPS) is 10.3. The second-order valence-corrected chi connectivity index (χ2v) is 4.91. The Hall–Kier alpha value is -2.42. The number of benzene rings is 2. The standard InChI is InChI=1S/C17H16O3/c1-11-3-6-13(7-4-11)15(18)10-17(20)14-8-5-12(2)9-16(14)19/h3-9,19H,10H2,1-2H3. The smallest absolute Gasteiger partial charge is 0.174 e. The molecular formula is C17H16O3. The fraction of sp³-hybridized carbons (Fsp3) is 0.176. The maximum Gasteiger partial charge on any atom is 0.174 e. The second-order valence-electron chi connectivity index (χ2n) is 4.91. The van der Waals surface area contributed by atoms with Crippen LogP contribution in [0.4, 0.5) is 0 Å². The summed E-state index contributed by atoms with van der Waals surface area (Å²) in [7, 11) is 0. The lowest BCUT2D eigenvalue weighted by molar-refractivity contribution is 0.0893. The zero-order chi connectivity index (χ0) is 14.7. The van der Waals surface area contributed by atoms with Crippen LogP contribution in [0.2, 0.25) is 0 Å². The van der Waals surface area contributed by atoms with Crippen molar-refractivity contribution in [3.8, 4) is 5.75 Å². The number of carbonyl (C=O) groups excluding carboxylic acids is 2. The van der Waals surface area contributed by atoms with Crippen LogP contribution in [-0.4, -0.2) is 16.7 Å². The van der Waals surface area contributed by atoms with Crippen LogP contribution in [0, 0.1) is 13.8 Å². The van der Waals surface area contributed by atoms with Gasteiger partial charge in [0.15, 0.2) is 11.6 Å². The molecule has 0 spiro atoms. The molecule has 0 bridgehead atoms. The van der Waals surface area contributed by atoms with Gasteiger partial charge in [-0.25, -0.2) is 0 Å². The Morgan fingerprint density at radius 2 is 1.50 bits per heavy atom. The first kappa shape index (κ1) is 14.0. The van der Waals surface area contributed by atoms with E-state index in [1.165, 1.54) is 6.07 Å². The molecule has 20 heavy (non-hydrogen) atoms. The van der Waals surface area contributed by atoms with E-state index in [2.05, 4.69) is 0 Å². The number of Topliss-reactive ketones (excluding diaryl/α,β-unsaturated/α-hetero) is 2. The average molecular weight is 268 g/mol. The van der Waals surface area contributed by atoms with Crippen molar-refractivity contribution in [2.75, 3.05) is 0 Å². The minimum absolute atomic E-state index is 0.0771. The van der Waals surface area contributed by atoms with E-state index in [1.807, 2.05) is 26.0 Å². The molecule has 2 aromatic carbocycles. The first-order valence-electron chi connectivity index (χ1n) is 6.40. The fourth-order valence-corrected chi connectivity index (χ4v) is 1.96. The van der Waals surface area contributed by atoms with Crippen molar-refractivity contribution in [2.24, 2.45) is 0 Å². The third-order valence-corrected chi connectivity index (χ3v) is 3.15. The SMILES string of the molecule is Cc1ccc(C(=O)CC(=O)c2ccc(C)cc2O)cc1. The average Bonchev–Trinajstić information content (AvgIpc) is 2.39. The van der Waals surface area contributed by atoms with Gasteiger partial charge < -0.3 is 5.11 Å². The minimum Gasteiger partial charge on any atom is -0.507 e. The third-order valence-electron chi connectivity index (χ3n) is 3.15. The Balaban J connectivity index is 2.15. The van der Waals surface area contributed by atoms with E-state index in [1.54, 1.807) is 24.3 Å². The molecule has 0 saturated heterocycles. The summed E-state index contributed by atoms with van der Waals surface area (Å²) < 4.78 is 0. The Bertz CT molecular complexity index is 654. The van der Waals surface area contributed by atoms with Crippen LogP contribution < -0.4 is 0 Å². The van der Waals surface area contributed by atoms with E-state index < -0.39 is 0 Å². The molecule has 0 unspecified atom stereocenters. The van der Waals surface area contributed by atoms with Crippen molar-refractivity contribution in [1.29, 1.82) is 0 Å². The lowest BCUT2D eigenvalue weighted by Crippen LogP contribution is -2.09. The largest absolute Gasteiger partial charge is 0.507 e. The highest BCUT2D eigenvalue weighted by molar-refractivity contribution is 6.14. The maximum absolute atomic E-state index is 12.0. The summed E-state index contributed by atoms with van der Waals surface area (Å²) in [6, 6.07) is 11.9. The summed E-state index contributed by atoms with van der Waals surface area (Å²) in [5.74, 6) is -0.685.